The zero-order valence-electron chi connectivity index (χ0n) is 31.4. The number of carbonyl (C=O) groups excluding carboxylic acids is 2. The number of allylic oxidation sites excluding steroid dienone is 16. The quantitative estimate of drug-likeness (QED) is 0.119. The second kappa shape index (κ2) is 16.2. The standard InChI is InChI=1S/C43H58O5/c1-29(19-15-20-31(3)23-24-36-40(33(5)44)38(46-12)28-41(36,7)8)17-13-14-18-30(2)21-16-22-32(4)37-25-39-42(9,10)26-35(47-34(6)45)27-43(39,11)48-37/h13-25,35,37-38H,26-28H2,1-12H3/b14-13+,19-15+,21-16+,24-23+,29-17-,30-18+,31-20+,32-22+/t35-,37+,38?,43+/m0/s1. The topological polar surface area (TPSA) is 61.8 Å². The molecule has 0 aromatic carbocycles. The van der Waals surface area contributed by atoms with Gasteiger partial charge in [0.1, 0.15) is 6.10 Å². The minimum absolute atomic E-state index is 0.0810. The zero-order valence-corrected chi connectivity index (χ0v) is 31.4. The minimum atomic E-state index is -0.431. The molecule has 1 heterocycles. The molecule has 48 heavy (non-hydrogen) atoms. The van der Waals surface area contributed by atoms with E-state index in [0.29, 0.717) is 6.42 Å². The Morgan fingerprint density at radius 3 is 1.88 bits per heavy atom. The number of fused-ring (bicyclic) bond motifs is 1. The highest BCUT2D eigenvalue weighted by molar-refractivity contribution is 5.96. The van der Waals surface area contributed by atoms with Crippen molar-refractivity contribution in [2.45, 2.75) is 119 Å². The van der Waals surface area contributed by atoms with Crippen molar-refractivity contribution in [1.29, 1.82) is 0 Å². The molecular formula is C43H58O5. The maximum Gasteiger partial charge on any atom is 0.302 e. The van der Waals surface area contributed by atoms with Crippen LogP contribution < -0.4 is 0 Å². The molecule has 0 spiro atoms. The van der Waals surface area contributed by atoms with Gasteiger partial charge >= 0.3 is 5.97 Å². The van der Waals surface area contributed by atoms with Crippen LogP contribution in [0.15, 0.2) is 118 Å². The Labute approximate surface area is 290 Å². The first kappa shape index (κ1) is 38.9. The van der Waals surface area contributed by atoms with E-state index < -0.39 is 5.60 Å². The van der Waals surface area contributed by atoms with Crippen molar-refractivity contribution in [3.05, 3.63) is 118 Å². The molecule has 0 saturated heterocycles. The first-order valence-corrected chi connectivity index (χ1v) is 17.1. The van der Waals surface area contributed by atoms with Crippen molar-refractivity contribution in [2.75, 3.05) is 7.11 Å². The lowest BCUT2D eigenvalue weighted by atomic mass is 9.65. The molecule has 5 nitrogen and oxygen atoms in total. The molecule has 5 heteroatoms. The third-order valence-electron chi connectivity index (χ3n) is 9.62. The summed E-state index contributed by atoms with van der Waals surface area (Å²) in [5, 5.41) is 0. The average molecular weight is 655 g/mol. The monoisotopic (exact) mass is 654 g/mol. The summed E-state index contributed by atoms with van der Waals surface area (Å²) in [4.78, 5) is 23.9. The van der Waals surface area contributed by atoms with Crippen molar-refractivity contribution in [1.82, 2.24) is 0 Å². The van der Waals surface area contributed by atoms with Gasteiger partial charge < -0.3 is 14.2 Å². The summed E-state index contributed by atoms with van der Waals surface area (Å²) in [5.41, 5.74) is 7.07. The van der Waals surface area contributed by atoms with Gasteiger partial charge in [0.2, 0.25) is 0 Å². The van der Waals surface area contributed by atoms with Gasteiger partial charge in [0.25, 0.3) is 0 Å². The first-order valence-electron chi connectivity index (χ1n) is 17.1. The SMILES string of the molecule is COC1CC(C)(C)C(/C=C/C(C)=C/C=C/C(C)=C\C=C\C=C(C)\C=C\C=C(/C)[C@H]2C=C3C(C)(C)C[C@H](OC(C)=O)C[C@@]3(C)O2)=C1C(C)=O. The maximum atomic E-state index is 12.3. The van der Waals surface area contributed by atoms with Crippen LogP contribution in [0, 0.1) is 10.8 Å². The van der Waals surface area contributed by atoms with Crippen molar-refractivity contribution < 1.29 is 23.8 Å². The molecule has 4 atom stereocenters. The van der Waals surface area contributed by atoms with Gasteiger partial charge in [0, 0.05) is 26.0 Å². The Balaban J connectivity index is 1.56. The summed E-state index contributed by atoms with van der Waals surface area (Å²) < 4.78 is 17.8. The zero-order chi connectivity index (χ0) is 35.9. The van der Waals surface area contributed by atoms with Crippen LogP contribution in [0.2, 0.25) is 0 Å². The van der Waals surface area contributed by atoms with Gasteiger partial charge in [-0.15, -0.1) is 0 Å². The lowest BCUT2D eigenvalue weighted by molar-refractivity contribution is -0.154. The largest absolute Gasteiger partial charge is 0.462 e. The fraction of sp³-hybridized carbons (Fsp3) is 0.488. The number of esters is 1. The fourth-order valence-electron chi connectivity index (χ4n) is 7.27. The van der Waals surface area contributed by atoms with Crippen LogP contribution in [0.4, 0.5) is 0 Å². The third kappa shape index (κ3) is 10.2. The molecule has 1 aliphatic heterocycles. The third-order valence-corrected chi connectivity index (χ3v) is 9.62. The van der Waals surface area contributed by atoms with Crippen molar-refractivity contribution >= 4 is 11.8 Å². The Morgan fingerprint density at radius 2 is 1.31 bits per heavy atom. The van der Waals surface area contributed by atoms with Crippen LogP contribution in [0.5, 0.6) is 0 Å². The fourth-order valence-corrected chi connectivity index (χ4v) is 7.27. The van der Waals surface area contributed by atoms with Gasteiger partial charge in [-0.2, -0.15) is 0 Å². The van der Waals surface area contributed by atoms with Crippen LogP contribution in [0.25, 0.3) is 0 Å². The molecule has 3 aliphatic rings. The molecular weight excluding hydrogens is 596 g/mol. The Morgan fingerprint density at radius 1 is 0.750 bits per heavy atom. The molecule has 0 bridgehead atoms. The van der Waals surface area contributed by atoms with Gasteiger partial charge in [0.15, 0.2) is 5.78 Å². The van der Waals surface area contributed by atoms with E-state index in [4.69, 9.17) is 14.2 Å². The molecule has 0 N–H and O–H groups in total. The smallest absolute Gasteiger partial charge is 0.302 e. The van der Waals surface area contributed by atoms with E-state index in [-0.39, 0.29) is 40.9 Å². The Bertz CT molecular complexity index is 1540. The van der Waals surface area contributed by atoms with Crippen LogP contribution in [-0.2, 0) is 23.8 Å². The highest BCUT2D eigenvalue weighted by Crippen LogP contribution is 2.52. The number of hydrogen-bond acceptors (Lipinski definition) is 5. The predicted octanol–water partition coefficient (Wildman–Crippen LogP) is 10.2. The van der Waals surface area contributed by atoms with Crippen molar-refractivity contribution in [3.63, 3.8) is 0 Å². The summed E-state index contributed by atoms with van der Waals surface area (Å²) in [6.45, 7) is 22.3. The normalized spacial score (nSPS) is 28.3. The van der Waals surface area contributed by atoms with E-state index in [2.05, 4.69) is 123 Å². The van der Waals surface area contributed by atoms with Gasteiger partial charge in [-0.25, -0.2) is 0 Å². The number of methoxy groups -OCH3 is 1. The number of Topliss-reactive ketones (excluding diaryl/α,β-unsaturated/α-hetero) is 1. The number of rotatable bonds is 12. The molecule has 0 amide bonds. The van der Waals surface area contributed by atoms with Gasteiger partial charge in [-0.05, 0) is 88.0 Å². The Kier molecular flexibility index (Phi) is 13.2. The van der Waals surface area contributed by atoms with Crippen LogP contribution in [0.1, 0.15) is 95.4 Å². The Hall–Kier alpha value is -3.54. The van der Waals surface area contributed by atoms with E-state index in [1.807, 2.05) is 18.2 Å². The molecule has 2 aliphatic carbocycles. The van der Waals surface area contributed by atoms with Gasteiger partial charge in [0.05, 0.1) is 17.8 Å². The number of ketones is 1. The van der Waals surface area contributed by atoms with E-state index >= 15 is 0 Å². The van der Waals surface area contributed by atoms with Gasteiger partial charge in [-0.3, -0.25) is 9.59 Å². The minimum Gasteiger partial charge on any atom is -0.462 e. The summed E-state index contributed by atoms with van der Waals surface area (Å²) in [6, 6.07) is 0. The lowest BCUT2D eigenvalue weighted by Crippen LogP contribution is -2.46. The lowest BCUT2D eigenvalue weighted by Gasteiger charge is -2.45. The van der Waals surface area contributed by atoms with E-state index in [0.717, 1.165) is 46.3 Å². The highest BCUT2D eigenvalue weighted by atomic mass is 16.5. The molecule has 3 rings (SSSR count). The van der Waals surface area contributed by atoms with Crippen molar-refractivity contribution in [3.8, 4) is 0 Å². The number of carbonyl (C=O) groups is 2. The predicted molar refractivity (Wildman–Crippen MR) is 198 cm³/mol. The van der Waals surface area contributed by atoms with E-state index in [9.17, 15) is 9.59 Å². The molecule has 0 radical (unpaired) electrons. The molecule has 1 saturated carbocycles. The molecule has 0 aromatic rings. The second-order valence-corrected chi connectivity index (χ2v) is 15.1. The van der Waals surface area contributed by atoms with E-state index in [1.165, 1.54) is 12.5 Å². The molecule has 0 aromatic heterocycles. The van der Waals surface area contributed by atoms with Crippen LogP contribution in [-0.4, -0.2) is 42.8 Å². The average Bonchev–Trinajstić information content (AvgIpc) is 3.47. The summed E-state index contributed by atoms with van der Waals surface area (Å²) >= 11 is 0. The van der Waals surface area contributed by atoms with Crippen molar-refractivity contribution in [2.24, 2.45) is 10.8 Å². The summed E-state index contributed by atoms with van der Waals surface area (Å²) in [5.74, 6) is -0.154. The first-order chi connectivity index (χ1) is 22.4. The molecule has 260 valence electrons. The van der Waals surface area contributed by atoms with Crippen LogP contribution in [0.3, 0.4) is 0 Å². The maximum absolute atomic E-state index is 12.3. The van der Waals surface area contributed by atoms with Gasteiger partial charge in [-0.1, -0.05) is 117 Å². The summed E-state index contributed by atoms with van der Waals surface area (Å²) in [6.07, 6.45) is 29.1. The molecule has 1 unspecified atom stereocenters. The highest BCUT2D eigenvalue weighted by Gasteiger charge is 2.51. The molecule has 1 fully saturated rings. The van der Waals surface area contributed by atoms with E-state index in [1.54, 1.807) is 14.0 Å². The number of ether oxygens (including phenoxy) is 3. The second-order valence-electron chi connectivity index (χ2n) is 15.1. The summed E-state index contributed by atoms with van der Waals surface area (Å²) in [7, 11) is 1.67. The number of hydrogen-bond donors (Lipinski definition) is 0. The van der Waals surface area contributed by atoms with Crippen LogP contribution >= 0.6 is 0 Å².